The fourth-order valence-electron chi connectivity index (χ4n) is 2.17. The first-order valence-electron chi connectivity index (χ1n) is 7.13. The van der Waals surface area contributed by atoms with Gasteiger partial charge in [0.1, 0.15) is 0 Å². The van der Waals surface area contributed by atoms with E-state index in [1.54, 1.807) is 0 Å². The minimum atomic E-state index is -0.721. The summed E-state index contributed by atoms with van der Waals surface area (Å²) in [7, 11) is 0.435. The smallest absolute Gasteiger partial charge is 0.332 e. The molecule has 0 radical (unpaired) electrons. The molecular weight excluding hydrogens is 319 g/mol. The second-order valence-electron chi connectivity index (χ2n) is 4.76. The van der Waals surface area contributed by atoms with E-state index in [1.807, 2.05) is 43.1 Å². The van der Waals surface area contributed by atoms with Crippen LogP contribution in [0.25, 0.3) is 16.2 Å². The standard InChI is InChI=1S/C18H17N4OP/c1-4-12-7-8-14-13(11-20-22-18(19)23)10-16(21-15(14)9-12)17(5-2)24-6-3/h1,5-11,24H,3H2,2H3,(H3,19,22,23)/b17-5-,20-11+. The predicted molar refractivity (Wildman–Crippen MR) is 102 cm³/mol. The van der Waals surface area contributed by atoms with Crippen molar-refractivity contribution in [2.24, 2.45) is 10.8 Å². The molecule has 0 bridgehead atoms. The fraction of sp³-hybridized carbons (Fsp3) is 0.0556. The summed E-state index contributed by atoms with van der Waals surface area (Å²) in [5.74, 6) is 4.46. The summed E-state index contributed by atoms with van der Waals surface area (Å²) >= 11 is 0. The van der Waals surface area contributed by atoms with Gasteiger partial charge < -0.3 is 5.73 Å². The fourth-order valence-corrected chi connectivity index (χ4v) is 2.83. The number of hydrogen-bond donors (Lipinski definition) is 2. The van der Waals surface area contributed by atoms with Crippen molar-refractivity contribution in [2.75, 3.05) is 0 Å². The van der Waals surface area contributed by atoms with Crippen LogP contribution in [-0.2, 0) is 0 Å². The summed E-state index contributed by atoms with van der Waals surface area (Å²) in [5.41, 5.74) is 10.4. The van der Waals surface area contributed by atoms with Gasteiger partial charge in [0.05, 0.1) is 17.4 Å². The number of urea groups is 1. The Morgan fingerprint density at radius 1 is 1.50 bits per heavy atom. The highest BCUT2D eigenvalue weighted by atomic mass is 31.1. The van der Waals surface area contributed by atoms with Gasteiger partial charge >= 0.3 is 6.03 Å². The number of nitrogens with two attached hydrogens (primary N) is 1. The Morgan fingerprint density at radius 2 is 2.29 bits per heavy atom. The molecule has 120 valence electrons. The van der Waals surface area contributed by atoms with Gasteiger partial charge in [0.15, 0.2) is 0 Å². The molecule has 1 aromatic carbocycles. The van der Waals surface area contributed by atoms with E-state index in [2.05, 4.69) is 23.0 Å². The van der Waals surface area contributed by atoms with Crippen LogP contribution in [0.4, 0.5) is 4.79 Å². The van der Waals surface area contributed by atoms with Crippen LogP contribution in [0.15, 0.2) is 47.8 Å². The van der Waals surface area contributed by atoms with Gasteiger partial charge in [-0.2, -0.15) is 5.10 Å². The van der Waals surface area contributed by atoms with Crippen LogP contribution in [0.5, 0.6) is 0 Å². The molecule has 1 heterocycles. The molecule has 1 aromatic heterocycles. The average molecular weight is 336 g/mol. The van der Waals surface area contributed by atoms with E-state index in [-0.39, 0.29) is 0 Å². The molecule has 1 atom stereocenters. The van der Waals surface area contributed by atoms with Crippen molar-refractivity contribution in [1.29, 1.82) is 0 Å². The molecule has 0 aliphatic carbocycles. The van der Waals surface area contributed by atoms with Crippen LogP contribution in [0.3, 0.4) is 0 Å². The van der Waals surface area contributed by atoms with Crippen LogP contribution >= 0.6 is 8.58 Å². The van der Waals surface area contributed by atoms with Crippen LogP contribution in [0, 0.1) is 12.3 Å². The van der Waals surface area contributed by atoms with Crippen molar-refractivity contribution in [2.45, 2.75) is 6.92 Å². The minimum Gasteiger partial charge on any atom is -0.350 e. The Morgan fingerprint density at radius 3 is 2.92 bits per heavy atom. The van der Waals surface area contributed by atoms with Crippen molar-refractivity contribution in [3.8, 4) is 12.3 Å². The Bertz CT molecular complexity index is 894. The number of hydrazone groups is 1. The third-order valence-electron chi connectivity index (χ3n) is 3.21. The number of nitrogens with one attached hydrogen (secondary N) is 1. The Kier molecular flexibility index (Phi) is 5.83. The zero-order valence-corrected chi connectivity index (χ0v) is 14.2. The number of carbonyl (C=O) groups excluding carboxylic acids is 1. The highest BCUT2D eigenvalue weighted by Gasteiger charge is 2.08. The van der Waals surface area contributed by atoms with Gasteiger partial charge in [0, 0.05) is 16.5 Å². The van der Waals surface area contributed by atoms with Gasteiger partial charge in [0.2, 0.25) is 0 Å². The maximum absolute atomic E-state index is 10.8. The van der Waals surface area contributed by atoms with Gasteiger partial charge in [-0.1, -0.05) is 39.0 Å². The second kappa shape index (κ2) is 8.05. The molecule has 6 heteroatoms. The van der Waals surface area contributed by atoms with Gasteiger partial charge in [0.25, 0.3) is 0 Å². The molecule has 2 aromatic rings. The Hall–Kier alpha value is -2.96. The van der Waals surface area contributed by atoms with Gasteiger partial charge in [-0.3, -0.25) is 0 Å². The Balaban J connectivity index is 2.64. The maximum atomic E-state index is 10.8. The van der Waals surface area contributed by atoms with E-state index in [4.69, 9.17) is 17.1 Å². The van der Waals surface area contributed by atoms with E-state index in [0.29, 0.717) is 8.58 Å². The molecule has 0 aliphatic rings. The van der Waals surface area contributed by atoms with Crippen LogP contribution in [0.1, 0.15) is 23.7 Å². The van der Waals surface area contributed by atoms with Crippen molar-refractivity contribution in [1.82, 2.24) is 10.4 Å². The van der Waals surface area contributed by atoms with E-state index in [0.717, 1.165) is 33.0 Å². The molecule has 0 saturated heterocycles. The van der Waals surface area contributed by atoms with Crippen LogP contribution < -0.4 is 11.2 Å². The lowest BCUT2D eigenvalue weighted by Gasteiger charge is -2.09. The highest BCUT2D eigenvalue weighted by Crippen LogP contribution is 2.34. The molecule has 24 heavy (non-hydrogen) atoms. The predicted octanol–water partition coefficient (Wildman–Crippen LogP) is 3.40. The topological polar surface area (TPSA) is 80.4 Å². The number of benzene rings is 1. The molecule has 0 fully saturated rings. The van der Waals surface area contributed by atoms with Gasteiger partial charge in [-0.15, -0.1) is 6.42 Å². The van der Waals surface area contributed by atoms with Gasteiger partial charge in [-0.25, -0.2) is 15.2 Å². The number of primary amides is 1. The molecule has 0 spiro atoms. The normalized spacial score (nSPS) is 11.9. The lowest BCUT2D eigenvalue weighted by molar-refractivity contribution is 0.249. The maximum Gasteiger partial charge on any atom is 0.332 e. The number of allylic oxidation sites excluding steroid dienone is 1. The largest absolute Gasteiger partial charge is 0.350 e. The molecule has 2 amide bonds. The molecule has 1 unspecified atom stereocenters. The van der Waals surface area contributed by atoms with Crippen molar-refractivity contribution in [3.63, 3.8) is 0 Å². The summed E-state index contributed by atoms with van der Waals surface area (Å²) in [6.45, 7) is 5.74. The summed E-state index contributed by atoms with van der Waals surface area (Å²) in [6, 6.07) is 6.77. The molecular formula is C18H17N4OP. The molecule has 3 N–H and O–H groups in total. The van der Waals surface area contributed by atoms with Crippen LogP contribution in [-0.4, -0.2) is 17.2 Å². The molecule has 5 nitrogen and oxygen atoms in total. The third-order valence-corrected chi connectivity index (χ3v) is 4.27. The highest BCUT2D eigenvalue weighted by molar-refractivity contribution is 7.53. The summed E-state index contributed by atoms with van der Waals surface area (Å²) in [5, 5.41) is 5.80. The quantitative estimate of drug-likeness (QED) is 0.380. The van der Waals surface area contributed by atoms with Crippen molar-refractivity contribution >= 4 is 37.0 Å². The molecule has 0 aliphatic heterocycles. The second-order valence-corrected chi connectivity index (χ2v) is 5.99. The first-order valence-corrected chi connectivity index (χ1v) is 8.20. The van der Waals surface area contributed by atoms with E-state index >= 15 is 0 Å². The SMILES string of the molecule is C#Cc1ccc2c(/C=N/NC(N)=O)cc(/C(=C/C)PC=C)nc2c1. The summed E-state index contributed by atoms with van der Waals surface area (Å²) in [6.07, 6.45) is 9.02. The monoisotopic (exact) mass is 336 g/mol. The van der Waals surface area contributed by atoms with Gasteiger partial charge in [-0.05, 0) is 30.4 Å². The summed E-state index contributed by atoms with van der Waals surface area (Å²) < 4.78 is 0. The van der Waals surface area contributed by atoms with E-state index in [9.17, 15) is 4.79 Å². The van der Waals surface area contributed by atoms with E-state index < -0.39 is 6.03 Å². The lowest BCUT2D eigenvalue weighted by Crippen LogP contribution is -2.24. The third kappa shape index (κ3) is 4.07. The number of terminal acetylenes is 1. The number of rotatable bonds is 5. The summed E-state index contributed by atoms with van der Waals surface area (Å²) in [4.78, 5) is 15.5. The Labute approximate surface area is 142 Å². The van der Waals surface area contributed by atoms with E-state index in [1.165, 1.54) is 6.21 Å². The number of amides is 2. The first-order chi connectivity index (χ1) is 11.6. The average Bonchev–Trinajstić information content (AvgIpc) is 2.58. The number of aromatic nitrogens is 1. The van der Waals surface area contributed by atoms with Crippen LogP contribution in [0.2, 0.25) is 0 Å². The zero-order chi connectivity index (χ0) is 17.5. The zero-order valence-electron chi connectivity index (χ0n) is 13.2. The number of hydrogen-bond acceptors (Lipinski definition) is 3. The molecule has 0 saturated carbocycles. The first kappa shape index (κ1) is 17.4. The van der Waals surface area contributed by atoms with Crippen molar-refractivity contribution < 1.29 is 4.79 Å². The lowest BCUT2D eigenvalue weighted by atomic mass is 10.1. The number of fused-ring (bicyclic) bond motifs is 1. The number of carbonyl (C=O) groups is 1. The number of nitrogens with zero attached hydrogens (tertiary/aromatic N) is 2. The number of pyridine rings is 1. The van der Waals surface area contributed by atoms with Crippen molar-refractivity contribution in [3.05, 3.63) is 59.6 Å². The molecule has 2 rings (SSSR count). The minimum absolute atomic E-state index is 0.435.